The van der Waals surface area contributed by atoms with E-state index in [4.69, 9.17) is 5.73 Å². The summed E-state index contributed by atoms with van der Waals surface area (Å²) >= 11 is 3.49. The topological polar surface area (TPSA) is 68.0 Å². The predicted octanol–water partition coefficient (Wildman–Crippen LogP) is 2.52. The van der Waals surface area contributed by atoms with Gasteiger partial charge in [-0.2, -0.15) is 0 Å². The summed E-state index contributed by atoms with van der Waals surface area (Å²) in [5.41, 5.74) is 7.11. The number of pyridine rings is 1. The number of nitrogens with one attached hydrogen (secondary N) is 1. The van der Waals surface area contributed by atoms with E-state index in [2.05, 4.69) is 26.2 Å². The molecule has 0 radical (unpaired) electrons. The van der Waals surface area contributed by atoms with Gasteiger partial charge in [0.1, 0.15) is 6.04 Å². The fourth-order valence-electron chi connectivity index (χ4n) is 2.05. The van der Waals surface area contributed by atoms with Crippen LogP contribution in [0, 0.1) is 0 Å². The standard InChI is InChI=1S/C14H16BrN3O/c1-2-7-17-13(14(16)19)10-5-6-11(15)9-4-3-8-18-12(9)10/h3-6,8,13,17H,2,7H2,1H3,(H2,16,19). The van der Waals surface area contributed by atoms with Gasteiger partial charge in [0.2, 0.25) is 5.91 Å². The first kappa shape index (κ1) is 14.0. The van der Waals surface area contributed by atoms with E-state index in [9.17, 15) is 4.79 Å². The van der Waals surface area contributed by atoms with Crippen molar-refractivity contribution in [3.63, 3.8) is 0 Å². The molecule has 4 nitrogen and oxygen atoms in total. The maximum absolute atomic E-state index is 11.7. The van der Waals surface area contributed by atoms with Gasteiger partial charge >= 0.3 is 0 Å². The summed E-state index contributed by atoms with van der Waals surface area (Å²) in [6.07, 6.45) is 2.65. The molecule has 19 heavy (non-hydrogen) atoms. The molecule has 1 atom stereocenters. The molecule has 0 saturated heterocycles. The zero-order chi connectivity index (χ0) is 13.8. The van der Waals surface area contributed by atoms with Gasteiger partial charge in [0.25, 0.3) is 0 Å². The summed E-state index contributed by atoms with van der Waals surface area (Å²) in [7, 11) is 0. The third kappa shape index (κ3) is 2.93. The summed E-state index contributed by atoms with van der Waals surface area (Å²) in [5.74, 6) is -0.386. The molecule has 1 aromatic heterocycles. The van der Waals surface area contributed by atoms with E-state index in [0.29, 0.717) is 0 Å². The lowest BCUT2D eigenvalue weighted by Crippen LogP contribution is -2.34. The number of amides is 1. The molecule has 0 saturated carbocycles. The molecule has 0 spiro atoms. The zero-order valence-corrected chi connectivity index (χ0v) is 12.3. The first-order valence-corrected chi connectivity index (χ1v) is 7.00. The Morgan fingerprint density at radius 1 is 1.47 bits per heavy atom. The van der Waals surface area contributed by atoms with Crippen LogP contribution >= 0.6 is 15.9 Å². The number of fused-ring (bicyclic) bond motifs is 1. The molecule has 3 N–H and O–H groups in total. The van der Waals surface area contributed by atoms with E-state index in [1.54, 1.807) is 6.20 Å². The number of nitrogens with zero attached hydrogens (tertiary/aromatic N) is 1. The van der Waals surface area contributed by atoms with E-state index in [-0.39, 0.29) is 5.91 Å². The second kappa shape index (κ2) is 6.12. The number of hydrogen-bond donors (Lipinski definition) is 2. The van der Waals surface area contributed by atoms with Crippen LogP contribution in [0.2, 0.25) is 0 Å². The van der Waals surface area contributed by atoms with Crippen molar-refractivity contribution in [2.24, 2.45) is 5.73 Å². The molecule has 1 unspecified atom stereocenters. The van der Waals surface area contributed by atoms with Crippen LogP contribution in [-0.2, 0) is 4.79 Å². The number of carbonyl (C=O) groups is 1. The lowest BCUT2D eigenvalue weighted by atomic mass is 10.0. The van der Waals surface area contributed by atoms with Crippen molar-refractivity contribution in [3.8, 4) is 0 Å². The van der Waals surface area contributed by atoms with E-state index < -0.39 is 6.04 Å². The van der Waals surface area contributed by atoms with Crippen LogP contribution in [0.15, 0.2) is 34.9 Å². The van der Waals surface area contributed by atoms with Crippen LogP contribution < -0.4 is 11.1 Å². The largest absolute Gasteiger partial charge is 0.368 e. The third-order valence-electron chi connectivity index (χ3n) is 2.94. The van der Waals surface area contributed by atoms with Crippen molar-refractivity contribution >= 4 is 32.7 Å². The minimum absolute atomic E-state index is 0.386. The van der Waals surface area contributed by atoms with Gasteiger partial charge in [-0.1, -0.05) is 35.0 Å². The molecular formula is C14H16BrN3O. The molecule has 1 aromatic carbocycles. The number of aromatic nitrogens is 1. The molecule has 0 aliphatic carbocycles. The van der Waals surface area contributed by atoms with Crippen LogP contribution in [0.1, 0.15) is 24.9 Å². The molecule has 0 aliphatic heterocycles. The molecule has 0 bridgehead atoms. The Labute approximate surface area is 120 Å². The Balaban J connectivity index is 2.53. The normalized spacial score (nSPS) is 12.5. The summed E-state index contributed by atoms with van der Waals surface area (Å²) in [6.45, 7) is 2.78. The molecular weight excluding hydrogens is 306 g/mol. The zero-order valence-electron chi connectivity index (χ0n) is 10.7. The highest BCUT2D eigenvalue weighted by molar-refractivity contribution is 9.10. The summed E-state index contributed by atoms with van der Waals surface area (Å²) in [6, 6.07) is 7.13. The number of halogens is 1. The maximum Gasteiger partial charge on any atom is 0.239 e. The van der Waals surface area contributed by atoms with E-state index in [0.717, 1.165) is 33.9 Å². The minimum Gasteiger partial charge on any atom is -0.368 e. The SMILES string of the molecule is CCCNC(C(N)=O)c1ccc(Br)c2cccnc12. The van der Waals surface area contributed by atoms with Crippen molar-refractivity contribution < 1.29 is 4.79 Å². The second-order valence-electron chi connectivity index (χ2n) is 4.33. The van der Waals surface area contributed by atoms with Gasteiger partial charge in [0.15, 0.2) is 0 Å². The molecule has 0 aliphatic rings. The highest BCUT2D eigenvalue weighted by Crippen LogP contribution is 2.28. The summed E-state index contributed by atoms with van der Waals surface area (Å²) < 4.78 is 0.957. The Morgan fingerprint density at radius 2 is 2.26 bits per heavy atom. The van der Waals surface area contributed by atoms with Crippen LogP contribution in [0.4, 0.5) is 0 Å². The monoisotopic (exact) mass is 321 g/mol. The fraction of sp³-hybridized carbons (Fsp3) is 0.286. The Kier molecular flexibility index (Phi) is 4.50. The Bertz CT molecular complexity index is 600. The van der Waals surface area contributed by atoms with Crippen molar-refractivity contribution in [3.05, 3.63) is 40.5 Å². The van der Waals surface area contributed by atoms with Crippen molar-refractivity contribution in [2.75, 3.05) is 6.54 Å². The highest BCUT2D eigenvalue weighted by atomic mass is 79.9. The lowest BCUT2D eigenvalue weighted by Gasteiger charge is -2.17. The Hall–Kier alpha value is -1.46. The first-order chi connectivity index (χ1) is 9.15. The molecule has 0 fully saturated rings. The molecule has 100 valence electrons. The van der Waals surface area contributed by atoms with Crippen LogP contribution in [-0.4, -0.2) is 17.4 Å². The molecule has 5 heteroatoms. The average molecular weight is 322 g/mol. The Morgan fingerprint density at radius 3 is 2.95 bits per heavy atom. The predicted molar refractivity (Wildman–Crippen MR) is 79.7 cm³/mol. The van der Waals surface area contributed by atoms with Crippen LogP contribution in [0.25, 0.3) is 10.9 Å². The maximum atomic E-state index is 11.7. The number of nitrogens with two attached hydrogens (primary N) is 1. The van der Waals surface area contributed by atoms with Crippen LogP contribution in [0.5, 0.6) is 0 Å². The van der Waals surface area contributed by atoms with E-state index in [1.807, 2.05) is 31.2 Å². The van der Waals surface area contributed by atoms with E-state index in [1.165, 1.54) is 0 Å². The fourth-order valence-corrected chi connectivity index (χ4v) is 2.50. The van der Waals surface area contributed by atoms with Crippen molar-refractivity contribution in [1.82, 2.24) is 10.3 Å². The smallest absolute Gasteiger partial charge is 0.239 e. The van der Waals surface area contributed by atoms with Gasteiger partial charge < -0.3 is 11.1 Å². The number of rotatable bonds is 5. The number of benzene rings is 1. The third-order valence-corrected chi connectivity index (χ3v) is 3.63. The van der Waals surface area contributed by atoms with Crippen molar-refractivity contribution in [2.45, 2.75) is 19.4 Å². The summed E-state index contributed by atoms with van der Waals surface area (Å²) in [5, 5.41) is 4.14. The minimum atomic E-state index is -0.509. The molecule has 2 rings (SSSR count). The summed E-state index contributed by atoms with van der Waals surface area (Å²) in [4.78, 5) is 16.0. The second-order valence-corrected chi connectivity index (χ2v) is 5.18. The van der Waals surface area contributed by atoms with Crippen LogP contribution in [0.3, 0.4) is 0 Å². The number of primary amides is 1. The molecule has 1 heterocycles. The van der Waals surface area contributed by atoms with Gasteiger partial charge in [-0.3, -0.25) is 9.78 Å². The van der Waals surface area contributed by atoms with Gasteiger partial charge in [0, 0.05) is 21.6 Å². The highest BCUT2D eigenvalue weighted by Gasteiger charge is 2.20. The van der Waals surface area contributed by atoms with Gasteiger partial charge in [-0.15, -0.1) is 0 Å². The van der Waals surface area contributed by atoms with Gasteiger partial charge in [-0.25, -0.2) is 0 Å². The van der Waals surface area contributed by atoms with E-state index >= 15 is 0 Å². The van der Waals surface area contributed by atoms with Crippen molar-refractivity contribution in [1.29, 1.82) is 0 Å². The molecule has 1 amide bonds. The first-order valence-electron chi connectivity index (χ1n) is 6.21. The van der Waals surface area contributed by atoms with Gasteiger partial charge in [0.05, 0.1) is 5.52 Å². The molecule has 2 aromatic rings. The number of carbonyl (C=O) groups excluding carboxylic acids is 1. The number of hydrogen-bond acceptors (Lipinski definition) is 3. The lowest BCUT2D eigenvalue weighted by molar-refractivity contribution is -0.120. The quantitative estimate of drug-likeness (QED) is 0.889. The van der Waals surface area contributed by atoms with Gasteiger partial charge in [-0.05, 0) is 25.1 Å². The average Bonchev–Trinajstić information content (AvgIpc) is 2.41.